The van der Waals surface area contributed by atoms with Gasteiger partial charge < -0.3 is 10.6 Å². The van der Waals surface area contributed by atoms with Crippen LogP contribution in [0, 0.1) is 0 Å². The van der Waals surface area contributed by atoms with E-state index in [0.29, 0.717) is 11.1 Å². The van der Waals surface area contributed by atoms with Crippen LogP contribution in [0.4, 0.5) is 13.2 Å². The third-order valence-corrected chi connectivity index (χ3v) is 3.84. The normalized spacial score (nSPS) is 14.1. The topological polar surface area (TPSA) is 46.3 Å². The Morgan fingerprint density at radius 2 is 1.62 bits per heavy atom. The lowest BCUT2D eigenvalue weighted by atomic mass is 9.91. The zero-order valence-electron chi connectivity index (χ0n) is 13.5. The van der Waals surface area contributed by atoms with Gasteiger partial charge in [-0.2, -0.15) is 13.2 Å². The van der Waals surface area contributed by atoms with Crippen molar-refractivity contribution in [3.8, 4) is 0 Å². The number of carbonyl (C=O) groups is 1. The molecule has 0 saturated carbocycles. The van der Waals surface area contributed by atoms with E-state index in [2.05, 4.69) is 0 Å². The van der Waals surface area contributed by atoms with Crippen LogP contribution in [0.15, 0.2) is 54.6 Å². The molecule has 2 rings (SSSR count). The summed E-state index contributed by atoms with van der Waals surface area (Å²) in [5.41, 5.74) is 5.21. The van der Waals surface area contributed by atoms with E-state index in [-0.39, 0.29) is 12.5 Å². The minimum absolute atomic E-state index is 0.0440. The van der Waals surface area contributed by atoms with Crippen molar-refractivity contribution in [3.05, 3.63) is 71.3 Å². The second kappa shape index (κ2) is 6.65. The second-order valence-electron chi connectivity index (χ2n) is 5.93. The van der Waals surface area contributed by atoms with Gasteiger partial charge in [-0.05, 0) is 30.2 Å². The summed E-state index contributed by atoms with van der Waals surface area (Å²) in [4.78, 5) is 14.0. The van der Waals surface area contributed by atoms with Crippen molar-refractivity contribution in [2.75, 3.05) is 7.05 Å². The summed E-state index contributed by atoms with van der Waals surface area (Å²) < 4.78 is 38.3. The van der Waals surface area contributed by atoms with Gasteiger partial charge >= 0.3 is 6.18 Å². The number of halogens is 3. The van der Waals surface area contributed by atoms with E-state index in [1.807, 2.05) is 6.07 Å². The lowest BCUT2D eigenvalue weighted by molar-refractivity contribution is -0.137. The summed E-state index contributed by atoms with van der Waals surface area (Å²) in [6.07, 6.45) is -4.41. The molecule has 1 unspecified atom stereocenters. The number of hydrogen-bond donors (Lipinski definition) is 1. The average Bonchev–Trinajstić information content (AvgIpc) is 2.54. The SMILES string of the molecule is CN(Cc1cccc(C(F)(F)F)c1)C(=O)C(C)(N)c1ccccc1. The molecule has 128 valence electrons. The maximum absolute atomic E-state index is 12.8. The fourth-order valence-corrected chi connectivity index (χ4v) is 2.50. The Labute approximate surface area is 138 Å². The highest BCUT2D eigenvalue weighted by Gasteiger charge is 2.34. The molecule has 2 aromatic carbocycles. The summed E-state index contributed by atoms with van der Waals surface area (Å²) >= 11 is 0. The van der Waals surface area contributed by atoms with Gasteiger partial charge in [0.25, 0.3) is 0 Å². The van der Waals surface area contributed by atoms with Gasteiger partial charge in [-0.25, -0.2) is 0 Å². The lowest BCUT2D eigenvalue weighted by Gasteiger charge is -2.30. The third-order valence-electron chi connectivity index (χ3n) is 3.84. The summed E-state index contributed by atoms with van der Waals surface area (Å²) in [7, 11) is 1.52. The van der Waals surface area contributed by atoms with Gasteiger partial charge in [-0.3, -0.25) is 4.79 Å². The highest BCUT2D eigenvalue weighted by atomic mass is 19.4. The molecule has 0 saturated heterocycles. The van der Waals surface area contributed by atoms with Crippen LogP contribution in [-0.2, 0) is 23.1 Å². The third kappa shape index (κ3) is 3.94. The van der Waals surface area contributed by atoms with Crippen molar-refractivity contribution in [1.29, 1.82) is 0 Å². The van der Waals surface area contributed by atoms with Crippen LogP contribution in [0.1, 0.15) is 23.6 Å². The Morgan fingerprint density at radius 3 is 2.21 bits per heavy atom. The van der Waals surface area contributed by atoms with E-state index in [9.17, 15) is 18.0 Å². The minimum atomic E-state index is -4.41. The Balaban J connectivity index is 2.18. The van der Waals surface area contributed by atoms with Crippen molar-refractivity contribution in [3.63, 3.8) is 0 Å². The van der Waals surface area contributed by atoms with Crippen LogP contribution >= 0.6 is 0 Å². The zero-order valence-corrected chi connectivity index (χ0v) is 13.5. The Morgan fingerprint density at radius 1 is 1.04 bits per heavy atom. The average molecular weight is 336 g/mol. The van der Waals surface area contributed by atoms with Crippen LogP contribution in [0.25, 0.3) is 0 Å². The fraction of sp³-hybridized carbons (Fsp3) is 0.278. The van der Waals surface area contributed by atoms with E-state index in [0.717, 1.165) is 12.1 Å². The molecule has 2 aromatic rings. The fourth-order valence-electron chi connectivity index (χ4n) is 2.50. The van der Waals surface area contributed by atoms with Crippen molar-refractivity contribution in [2.24, 2.45) is 5.73 Å². The first kappa shape index (κ1) is 18.0. The molecule has 0 radical (unpaired) electrons. The molecule has 0 aliphatic heterocycles. The number of benzene rings is 2. The van der Waals surface area contributed by atoms with Crippen molar-refractivity contribution < 1.29 is 18.0 Å². The van der Waals surface area contributed by atoms with E-state index < -0.39 is 17.3 Å². The first-order valence-corrected chi connectivity index (χ1v) is 7.38. The molecule has 0 aliphatic carbocycles. The number of alkyl halides is 3. The lowest BCUT2D eigenvalue weighted by Crippen LogP contribution is -2.49. The quantitative estimate of drug-likeness (QED) is 0.928. The number of amides is 1. The van der Waals surface area contributed by atoms with Crippen molar-refractivity contribution >= 4 is 5.91 Å². The molecule has 0 fully saturated rings. The van der Waals surface area contributed by atoms with Crippen molar-refractivity contribution in [2.45, 2.75) is 25.2 Å². The maximum Gasteiger partial charge on any atom is 0.416 e. The standard InChI is InChI=1S/C18H19F3N2O/c1-17(22,14-8-4-3-5-9-14)16(24)23(2)12-13-7-6-10-15(11-13)18(19,20)21/h3-11H,12,22H2,1-2H3. The Bertz CT molecular complexity index is 712. The number of nitrogens with zero attached hydrogens (tertiary/aromatic N) is 1. The van der Waals surface area contributed by atoms with Crippen LogP contribution < -0.4 is 5.73 Å². The zero-order chi connectivity index (χ0) is 18.0. The van der Waals surface area contributed by atoms with Crippen LogP contribution in [-0.4, -0.2) is 17.9 Å². The maximum atomic E-state index is 12.8. The molecule has 0 aromatic heterocycles. The molecule has 2 N–H and O–H groups in total. The summed E-state index contributed by atoms with van der Waals surface area (Å²) in [5, 5.41) is 0. The number of likely N-dealkylation sites (N-methyl/N-ethyl adjacent to an activating group) is 1. The van der Waals surface area contributed by atoms with Crippen LogP contribution in [0.3, 0.4) is 0 Å². The molecule has 6 heteroatoms. The number of hydrogen-bond acceptors (Lipinski definition) is 2. The monoisotopic (exact) mass is 336 g/mol. The number of rotatable bonds is 4. The van der Waals surface area contributed by atoms with Gasteiger partial charge in [0.1, 0.15) is 5.54 Å². The Hall–Kier alpha value is -2.34. The summed E-state index contributed by atoms with van der Waals surface area (Å²) in [5.74, 6) is -0.369. The van der Waals surface area contributed by atoms with Crippen LogP contribution in [0.5, 0.6) is 0 Å². The molecule has 0 spiro atoms. The highest BCUT2D eigenvalue weighted by Crippen LogP contribution is 2.30. The van der Waals surface area contributed by atoms with E-state index in [1.54, 1.807) is 37.3 Å². The largest absolute Gasteiger partial charge is 0.416 e. The molecule has 3 nitrogen and oxygen atoms in total. The first-order chi connectivity index (χ1) is 11.1. The molecule has 0 bridgehead atoms. The molecular formula is C18H19F3N2O. The van der Waals surface area contributed by atoms with Crippen LogP contribution in [0.2, 0.25) is 0 Å². The number of nitrogens with two attached hydrogens (primary N) is 1. The minimum Gasteiger partial charge on any atom is -0.340 e. The molecule has 1 amide bonds. The van der Waals surface area contributed by atoms with Gasteiger partial charge in [0.2, 0.25) is 5.91 Å². The highest BCUT2D eigenvalue weighted by molar-refractivity contribution is 5.86. The molecule has 24 heavy (non-hydrogen) atoms. The van der Waals surface area contributed by atoms with E-state index >= 15 is 0 Å². The first-order valence-electron chi connectivity index (χ1n) is 7.38. The van der Waals surface area contributed by atoms with Gasteiger partial charge in [-0.1, -0.05) is 42.5 Å². The molecule has 0 heterocycles. The summed E-state index contributed by atoms with van der Waals surface area (Å²) in [6, 6.07) is 13.8. The molecular weight excluding hydrogens is 317 g/mol. The van der Waals surface area contributed by atoms with E-state index in [4.69, 9.17) is 5.73 Å². The van der Waals surface area contributed by atoms with Gasteiger partial charge in [0.15, 0.2) is 0 Å². The Kier molecular flexibility index (Phi) is 4.99. The van der Waals surface area contributed by atoms with E-state index in [1.165, 1.54) is 18.0 Å². The van der Waals surface area contributed by atoms with Crippen molar-refractivity contribution in [1.82, 2.24) is 4.90 Å². The molecule has 0 aliphatic rings. The number of carbonyl (C=O) groups excluding carboxylic acids is 1. The predicted octanol–water partition coefficient (Wildman–Crippen LogP) is 3.54. The van der Waals surface area contributed by atoms with Gasteiger partial charge in [-0.15, -0.1) is 0 Å². The molecule has 1 atom stereocenters. The summed E-state index contributed by atoms with van der Waals surface area (Å²) in [6.45, 7) is 1.63. The predicted molar refractivity (Wildman–Crippen MR) is 85.9 cm³/mol. The van der Waals surface area contributed by atoms with Gasteiger partial charge in [0.05, 0.1) is 5.56 Å². The second-order valence-corrected chi connectivity index (χ2v) is 5.93. The van der Waals surface area contributed by atoms with Gasteiger partial charge in [0, 0.05) is 13.6 Å². The smallest absolute Gasteiger partial charge is 0.340 e.